The molecule has 17 heavy (non-hydrogen) atoms. The first-order chi connectivity index (χ1) is 8.31. The van der Waals surface area contributed by atoms with E-state index in [9.17, 15) is 0 Å². The predicted octanol–water partition coefficient (Wildman–Crippen LogP) is 1.54. The third-order valence-electron chi connectivity index (χ3n) is 4.61. The molecule has 0 spiro atoms. The first kappa shape index (κ1) is 13.3. The lowest BCUT2D eigenvalue weighted by molar-refractivity contribution is 0.118. The molecular weight excluding hydrogens is 210 g/mol. The summed E-state index contributed by atoms with van der Waals surface area (Å²) >= 11 is 0. The topological polar surface area (TPSA) is 18.5 Å². The smallest absolute Gasteiger partial charge is 0.0218 e. The van der Waals surface area contributed by atoms with Crippen LogP contribution in [-0.2, 0) is 0 Å². The van der Waals surface area contributed by atoms with E-state index in [0.717, 1.165) is 12.1 Å². The molecule has 0 aliphatic carbocycles. The fraction of sp³-hybridized carbons (Fsp3) is 1.00. The summed E-state index contributed by atoms with van der Waals surface area (Å²) in [6.45, 7) is 8.54. The van der Waals surface area contributed by atoms with Crippen LogP contribution in [0.2, 0.25) is 0 Å². The minimum absolute atomic E-state index is 0.776. The van der Waals surface area contributed by atoms with Crippen LogP contribution in [0.4, 0.5) is 0 Å². The van der Waals surface area contributed by atoms with Gasteiger partial charge in [-0.3, -0.25) is 4.90 Å². The monoisotopic (exact) mass is 239 g/mol. The maximum Gasteiger partial charge on any atom is 0.0218 e. The van der Waals surface area contributed by atoms with Crippen LogP contribution in [0.25, 0.3) is 0 Å². The van der Waals surface area contributed by atoms with Gasteiger partial charge in [-0.05, 0) is 39.3 Å². The third-order valence-corrected chi connectivity index (χ3v) is 4.61. The molecule has 1 N–H and O–H groups in total. The minimum Gasteiger partial charge on any atom is -0.314 e. The van der Waals surface area contributed by atoms with Gasteiger partial charge >= 0.3 is 0 Å². The molecule has 0 aromatic carbocycles. The Morgan fingerprint density at radius 1 is 1.18 bits per heavy atom. The van der Waals surface area contributed by atoms with E-state index in [-0.39, 0.29) is 0 Å². The molecule has 2 saturated heterocycles. The standard InChI is InChI=1S/C14H29N3/c1-3-13-12-15-8-11-17(13)10-7-14-6-4-5-9-16(14)2/h13-15H,3-12H2,1-2H3. The molecule has 0 aromatic heterocycles. The first-order valence-corrected chi connectivity index (χ1v) is 7.46. The Balaban J connectivity index is 1.75. The van der Waals surface area contributed by atoms with Gasteiger partial charge in [-0.1, -0.05) is 13.3 Å². The van der Waals surface area contributed by atoms with Crippen LogP contribution in [0, 0.1) is 0 Å². The van der Waals surface area contributed by atoms with Crippen molar-refractivity contribution in [3.05, 3.63) is 0 Å². The first-order valence-electron chi connectivity index (χ1n) is 7.46. The quantitative estimate of drug-likeness (QED) is 0.803. The molecule has 3 heteroatoms. The Morgan fingerprint density at radius 2 is 2.06 bits per heavy atom. The van der Waals surface area contributed by atoms with Crippen LogP contribution in [0.1, 0.15) is 39.0 Å². The van der Waals surface area contributed by atoms with E-state index in [4.69, 9.17) is 0 Å². The number of piperazine rings is 1. The molecule has 2 unspecified atom stereocenters. The van der Waals surface area contributed by atoms with Crippen molar-refractivity contribution < 1.29 is 0 Å². The number of hydrogen-bond donors (Lipinski definition) is 1. The largest absolute Gasteiger partial charge is 0.314 e. The van der Waals surface area contributed by atoms with Gasteiger partial charge in [-0.15, -0.1) is 0 Å². The van der Waals surface area contributed by atoms with Crippen molar-refractivity contribution in [1.82, 2.24) is 15.1 Å². The fourth-order valence-corrected chi connectivity index (χ4v) is 3.32. The molecule has 2 rings (SSSR count). The Hall–Kier alpha value is -0.120. The highest BCUT2D eigenvalue weighted by Gasteiger charge is 2.23. The molecule has 0 amide bonds. The highest BCUT2D eigenvalue weighted by molar-refractivity contribution is 4.81. The van der Waals surface area contributed by atoms with Gasteiger partial charge < -0.3 is 10.2 Å². The highest BCUT2D eigenvalue weighted by Crippen LogP contribution is 2.19. The van der Waals surface area contributed by atoms with E-state index in [2.05, 4.69) is 29.1 Å². The van der Waals surface area contributed by atoms with Crippen LogP contribution in [0.5, 0.6) is 0 Å². The van der Waals surface area contributed by atoms with Gasteiger partial charge in [-0.2, -0.15) is 0 Å². The zero-order valence-electron chi connectivity index (χ0n) is 11.6. The van der Waals surface area contributed by atoms with Crippen molar-refractivity contribution in [2.24, 2.45) is 0 Å². The van der Waals surface area contributed by atoms with Crippen molar-refractivity contribution >= 4 is 0 Å². The van der Waals surface area contributed by atoms with E-state index in [1.165, 1.54) is 64.8 Å². The van der Waals surface area contributed by atoms with Gasteiger partial charge in [0.25, 0.3) is 0 Å². The minimum atomic E-state index is 0.776. The van der Waals surface area contributed by atoms with E-state index in [1.54, 1.807) is 0 Å². The average Bonchev–Trinajstić information content (AvgIpc) is 2.38. The predicted molar refractivity (Wildman–Crippen MR) is 73.4 cm³/mol. The highest BCUT2D eigenvalue weighted by atomic mass is 15.2. The maximum atomic E-state index is 3.51. The normalized spacial score (nSPS) is 32.8. The van der Waals surface area contributed by atoms with Gasteiger partial charge in [0.1, 0.15) is 0 Å². The molecule has 0 bridgehead atoms. The fourth-order valence-electron chi connectivity index (χ4n) is 3.32. The summed E-state index contributed by atoms with van der Waals surface area (Å²) in [5, 5.41) is 3.51. The SMILES string of the molecule is CCC1CNCCN1CCC1CCCCN1C. The molecule has 2 aliphatic heterocycles. The van der Waals surface area contributed by atoms with Crippen LogP contribution < -0.4 is 5.32 Å². The number of nitrogens with one attached hydrogen (secondary N) is 1. The Kier molecular flexibility index (Phi) is 5.26. The van der Waals surface area contributed by atoms with Gasteiger partial charge in [0.15, 0.2) is 0 Å². The summed E-state index contributed by atoms with van der Waals surface area (Å²) in [6.07, 6.45) is 6.91. The van der Waals surface area contributed by atoms with Gasteiger partial charge in [0.05, 0.1) is 0 Å². The Labute approximate surface area is 107 Å². The lowest BCUT2D eigenvalue weighted by Gasteiger charge is -2.38. The van der Waals surface area contributed by atoms with Crippen molar-refractivity contribution in [1.29, 1.82) is 0 Å². The summed E-state index contributed by atoms with van der Waals surface area (Å²) in [5.74, 6) is 0. The molecule has 2 fully saturated rings. The number of piperidine rings is 1. The lowest BCUT2D eigenvalue weighted by atomic mass is 9.99. The molecule has 0 radical (unpaired) electrons. The summed E-state index contributed by atoms with van der Waals surface area (Å²) in [5.41, 5.74) is 0. The van der Waals surface area contributed by atoms with Crippen molar-refractivity contribution in [2.75, 3.05) is 39.8 Å². The number of nitrogens with zero attached hydrogens (tertiary/aromatic N) is 2. The van der Waals surface area contributed by atoms with E-state index in [0.29, 0.717) is 0 Å². The number of rotatable bonds is 4. The van der Waals surface area contributed by atoms with Gasteiger partial charge in [-0.25, -0.2) is 0 Å². The molecule has 2 aliphatic rings. The molecule has 100 valence electrons. The molecule has 2 heterocycles. The Morgan fingerprint density at radius 3 is 2.82 bits per heavy atom. The van der Waals surface area contributed by atoms with E-state index in [1.807, 2.05) is 0 Å². The van der Waals surface area contributed by atoms with Crippen LogP contribution >= 0.6 is 0 Å². The summed E-state index contributed by atoms with van der Waals surface area (Å²) in [7, 11) is 2.30. The summed E-state index contributed by atoms with van der Waals surface area (Å²) < 4.78 is 0. The molecule has 0 aromatic rings. The number of likely N-dealkylation sites (tertiary alicyclic amines) is 1. The van der Waals surface area contributed by atoms with E-state index >= 15 is 0 Å². The molecule has 2 atom stereocenters. The van der Waals surface area contributed by atoms with Crippen LogP contribution in [-0.4, -0.2) is 61.7 Å². The third kappa shape index (κ3) is 3.67. The van der Waals surface area contributed by atoms with Gasteiger partial charge in [0.2, 0.25) is 0 Å². The second kappa shape index (κ2) is 6.72. The second-order valence-electron chi connectivity index (χ2n) is 5.72. The maximum absolute atomic E-state index is 3.51. The van der Waals surface area contributed by atoms with Crippen molar-refractivity contribution in [3.63, 3.8) is 0 Å². The average molecular weight is 239 g/mol. The van der Waals surface area contributed by atoms with Crippen molar-refractivity contribution in [3.8, 4) is 0 Å². The number of hydrogen-bond acceptors (Lipinski definition) is 3. The van der Waals surface area contributed by atoms with Crippen molar-refractivity contribution in [2.45, 2.75) is 51.1 Å². The Bertz CT molecular complexity index is 220. The van der Waals surface area contributed by atoms with E-state index < -0.39 is 0 Å². The molecule has 3 nitrogen and oxygen atoms in total. The molecular formula is C14H29N3. The van der Waals surface area contributed by atoms with Crippen LogP contribution in [0.15, 0.2) is 0 Å². The molecule has 0 saturated carbocycles. The second-order valence-corrected chi connectivity index (χ2v) is 5.72. The van der Waals surface area contributed by atoms with Gasteiger partial charge in [0, 0.05) is 38.3 Å². The zero-order chi connectivity index (χ0) is 12.1. The lowest BCUT2D eigenvalue weighted by Crippen LogP contribution is -2.52. The van der Waals surface area contributed by atoms with Crippen LogP contribution in [0.3, 0.4) is 0 Å². The summed E-state index contributed by atoms with van der Waals surface area (Å²) in [4.78, 5) is 5.28. The summed E-state index contributed by atoms with van der Waals surface area (Å²) in [6, 6.07) is 1.62. The zero-order valence-corrected chi connectivity index (χ0v) is 11.6.